The van der Waals surface area contributed by atoms with Gasteiger partial charge in [-0.1, -0.05) is 6.07 Å². The van der Waals surface area contributed by atoms with Gasteiger partial charge in [0.1, 0.15) is 29.3 Å². The molecule has 0 amide bonds. The minimum Gasteiger partial charge on any atom is -0.490 e. The first-order chi connectivity index (χ1) is 16.2. The van der Waals surface area contributed by atoms with Gasteiger partial charge in [-0.25, -0.2) is 18.8 Å². The van der Waals surface area contributed by atoms with Crippen LogP contribution in [0.2, 0.25) is 0 Å². The summed E-state index contributed by atoms with van der Waals surface area (Å²) in [4.78, 5) is 8.31. The molecule has 176 valence electrons. The smallest absolute Gasteiger partial charge is 0.283 e. The van der Waals surface area contributed by atoms with E-state index in [0.29, 0.717) is 34.4 Å². The van der Waals surface area contributed by atoms with E-state index in [2.05, 4.69) is 9.98 Å². The van der Waals surface area contributed by atoms with Crippen LogP contribution in [0, 0.1) is 11.8 Å². The Balaban J connectivity index is 1.70. The normalized spacial score (nSPS) is 18.9. The molecule has 0 aliphatic carbocycles. The predicted octanol–water partition coefficient (Wildman–Crippen LogP) is 5.24. The van der Waals surface area contributed by atoms with E-state index in [1.54, 1.807) is 36.4 Å². The number of rotatable bonds is 4. The highest BCUT2D eigenvalue weighted by Gasteiger charge is 2.46. The minimum atomic E-state index is -1.61. The van der Waals surface area contributed by atoms with Gasteiger partial charge in [0.2, 0.25) is 5.95 Å². The van der Waals surface area contributed by atoms with Crippen LogP contribution in [0.15, 0.2) is 53.7 Å². The molecule has 2 aromatic carbocycles. The third-order valence-corrected chi connectivity index (χ3v) is 5.77. The van der Waals surface area contributed by atoms with Crippen LogP contribution in [0.5, 0.6) is 17.2 Å². The molecule has 1 atom stereocenters. The Bertz CT molecular complexity index is 1310. The summed E-state index contributed by atoms with van der Waals surface area (Å²) in [6.07, 6.45) is 1.68. The number of fused-ring (bicyclic) bond motifs is 4. The highest BCUT2D eigenvalue weighted by atomic mass is 19.1. The van der Waals surface area contributed by atoms with Crippen molar-refractivity contribution in [1.29, 1.82) is 0 Å². The second kappa shape index (κ2) is 7.93. The van der Waals surface area contributed by atoms with Gasteiger partial charge in [0.15, 0.2) is 11.6 Å². The van der Waals surface area contributed by atoms with Gasteiger partial charge in [-0.2, -0.15) is 4.39 Å². The molecule has 1 spiro atoms. The Morgan fingerprint density at radius 2 is 1.97 bits per heavy atom. The average Bonchev–Trinajstić information content (AvgIpc) is 2.78. The molecule has 0 saturated carbocycles. The number of hydrogen-bond donors (Lipinski definition) is 1. The molecule has 0 fully saturated rings. The van der Waals surface area contributed by atoms with Gasteiger partial charge in [-0.3, -0.25) is 0 Å². The van der Waals surface area contributed by atoms with Crippen molar-refractivity contribution in [2.24, 2.45) is 10.7 Å². The van der Waals surface area contributed by atoms with E-state index in [4.69, 9.17) is 19.9 Å². The lowest BCUT2D eigenvalue weighted by Crippen LogP contribution is -2.38. The maximum Gasteiger partial charge on any atom is 0.283 e. The van der Waals surface area contributed by atoms with Gasteiger partial charge in [0.25, 0.3) is 6.02 Å². The summed E-state index contributed by atoms with van der Waals surface area (Å²) in [6, 6.07) is 10.9. The Hall–Kier alpha value is -3.75. The van der Waals surface area contributed by atoms with Crippen molar-refractivity contribution in [3.8, 4) is 28.4 Å². The fourth-order valence-corrected chi connectivity index (χ4v) is 4.25. The van der Waals surface area contributed by atoms with E-state index in [9.17, 15) is 8.78 Å². The Labute approximate surface area is 194 Å². The fraction of sp³-hybridized carbons (Fsp3) is 0.280. The third kappa shape index (κ3) is 3.81. The molecule has 34 heavy (non-hydrogen) atoms. The van der Waals surface area contributed by atoms with Crippen LogP contribution in [0.1, 0.15) is 31.4 Å². The number of nitrogens with two attached hydrogens (primary N) is 1. The molecule has 5 rings (SSSR count). The zero-order valence-electron chi connectivity index (χ0n) is 18.6. The summed E-state index contributed by atoms with van der Waals surface area (Å²) in [5, 5.41) is 0. The van der Waals surface area contributed by atoms with Crippen LogP contribution < -0.4 is 15.2 Å². The number of ether oxygens (including phenoxy) is 3. The van der Waals surface area contributed by atoms with Crippen molar-refractivity contribution in [2.45, 2.75) is 31.5 Å². The maximum atomic E-state index is 15.2. The van der Waals surface area contributed by atoms with E-state index in [1.165, 1.54) is 20.0 Å². The van der Waals surface area contributed by atoms with Gasteiger partial charge >= 0.3 is 0 Å². The molecule has 2 aliphatic heterocycles. The maximum absolute atomic E-state index is 15.2. The summed E-state index contributed by atoms with van der Waals surface area (Å²) in [6.45, 7) is 2.68. The van der Waals surface area contributed by atoms with Crippen LogP contribution in [0.3, 0.4) is 0 Å². The Morgan fingerprint density at radius 1 is 1.15 bits per heavy atom. The number of pyridine rings is 1. The summed E-state index contributed by atoms with van der Waals surface area (Å²) >= 11 is 0. The van der Waals surface area contributed by atoms with Gasteiger partial charge in [0, 0.05) is 35.4 Å². The lowest BCUT2D eigenvalue weighted by Gasteiger charge is -2.39. The third-order valence-electron chi connectivity index (χ3n) is 5.77. The molecule has 0 saturated heterocycles. The largest absolute Gasteiger partial charge is 0.490 e. The molecule has 3 aromatic rings. The fourth-order valence-electron chi connectivity index (χ4n) is 4.25. The van der Waals surface area contributed by atoms with E-state index < -0.39 is 23.0 Å². The zero-order chi connectivity index (χ0) is 24.1. The first-order valence-electron chi connectivity index (χ1n) is 10.7. The Kier molecular flexibility index (Phi) is 5.15. The molecule has 0 radical (unpaired) electrons. The topological polar surface area (TPSA) is 79.0 Å². The predicted molar refractivity (Wildman–Crippen MR) is 120 cm³/mol. The van der Waals surface area contributed by atoms with Crippen molar-refractivity contribution in [3.63, 3.8) is 0 Å². The molecule has 1 unspecified atom stereocenters. The standard InChI is InChI=1S/C25H22F3N3O3/c1-24(2,28)13-33-15-11-18-21(19(26)12-15)34-20-6-5-14(16-4-3-8-30-22(16)27)10-17(20)25(18)7-9-32-23(29)31-25/h3-6,8,10-12H,7,9,13H2,1-2H3,(H2,29,31). The molecule has 0 bridgehead atoms. The monoisotopic (exact) mass is 469 g/mol. The first kappa shape index (κ1) is 22.1. The minimum absolute atomic E-state index is 0.0295. The second-order valence-electron chi connectivity index (χ2n) is 8.85. The van der Waals surface area contributed by atoms with Crippen LogP contribution in [0.25, 0.3) is 11.1 Å². The SMILES string of the molecule is CC(C)(F)COc1cc(F)c2c(c1)C1(CCOC(N)=N1)c1cc(-c3cccnc3F)ccc1O2. The first-order valence-corrected chi connectivity index (χ1v) is 10.7. The van der Waals surface area contributed by atoms with E-state index in [1.807, 2.05) is 0 Å². The number of aliphatic imine (C=N–C) groups is 1. The molecule has 9 heteroatoms. The number of alkyl halides is 1. The van der Waals surface area contributed by atoms with Gasteiger partial charge in [0.05, 0.1) is 6.61 Å². The number of aromatic nitrogens is 1. The molecule has 6 nitrogen and oxygen atoms in total. The highest BCUT2D eigenvalue weighted by Crippen LogP contribution is 2.54. The number of benzene rings is 2. The number of nitrogens with zero attached hydrogens (tertiary/aromatic N) is 2. The lowest BCUT2D eigenvalue weighted by molar-refractivity contribution is 0.120. The van der Waals surface area contributed by atoms with Crippen molar-refractivity contribution < 1.29 is 27.4 Å². The van der Waals surface area contributed by atoms with E-state index in [0.717, 1.165) is 6.07 Å². The van der Waals surface area contributed by atoms with Crippen LogP contribution in [-0.4, -0.2) is 29.9 Å². The summed E-state index contributed by atoms with van der Waals surface area (Å²) in [7, 11) is 0. The molecule has 2 aliphatic rings. The summed E-state index contributed by atoms with van der Waals surface area (Å²) in [5.41, 5.74) is 4.94. The van der Waals surface area contributed by atoms with Crippen molar-refractivity contribution in [2.75, 3.05) is 13.2 Å². The van der Waals surface area contributed by atoms with Crippen LogP contribution in [-0.2, 0) is 10.3 Å². The van der Waals surface area contributed by atoms with Gasteiger partial charge in [-0.15, -0.1) is 0 Å². The molecule has 2 N–H and O–H groups in total. The lowest BCUT2D eigenvalue weighted by atomic mass is 9.77. The highest BCUT2D eigenvalue weighted by molar-refractivity contribution is 5.76. The molecule has 3 heterocycles. The van der Waals surface area contributed by atoms with Crippen LogP contribution >= 0.6 is 0 Å². The molecular formula is C25H22F3N3O3. The average molecular weight is 469 g/mol. The number of halogens is 3. The molecular weight excluding hydrogens is 447 g/mol. The van der Waals surface area contributed by atoms with Gasteiger partial charge in [-0.05, 0) is 49.7 Å². The van der Waals surface area contributed by atoms with Crippen molar-refractivity contribution >= 4 is 6.02 Å². The Morgan fingerprint density at radius 3 is 2.71 bits per heavy atom. The van der Waals surface area contributed by atoms with Gasteiger partial charge < -0.3 is 19.9 Å². The zero-order valence-corrected chi connectivity index (χ0v) is 18.6. The van der Waals surface area contributed by atoms with Crippen LogP contribution in [0.4, 0.5) is 13.2 Å². The van der Waals surface area contributed by atoms with E-state index >= 15 is 4.39 Å². The quantitative estimate of drug-likeness (QED) is 0.529. The number of amidine groups is 1. The van der Waals surface area contributed by atoms with Crippen molar-refractivity contribution in [3.05, 3.63) is 71.6 Å². The molecule has 1 aromatic heterocycles. The van der Waals surface area contributed by atoms with Crippen molar-refractivity contribution in [1.82, 2.24) is 4.98 Å². The second-order valence-corrected chi connectivity index (χ2v) is 8.85. The summed E-state index contributed by atoms with van der Waals surface area (Å²) in [5.74, 6) is -0.853. The number of hydrogen-bond acceptors (Lipinski definition) is 6. The van der Waals surface area contributed by atoms with E-state index in [-0.39, 0.29) is 30.7 Å². The summed E-state index contributed by atoms with van der Waals surface area (Å²) < 4.78 is 60.5.